The van der Waals surface area contributed by atoms with Crippen LogP contribution in [0.2, 0.25) is 0 Å². The predicted octanol–water partition coefficient (Wildman–Crippen LogP) is 2.36. The summed E-state index contributed by atoms with van der Waals surface area (Å²) in [4.78, 5) is 21.9. The Bertz CT molecular complexity index is 730. The molecule has 1 fully saturated rings. The van der Waals surface area contributed by atoms with Crippen LogP contribution in [0.3, 0.4) is 0 Å². The van der Waals surface area contributed by atoms with Crippen LogP contribution in [0.4, 0.5) is 14.6 Å². The molecule has 0 atom stereocenters. The largest absolute Gasteiger partial charge is 0.382 e. The van der Waals surface area contributed by atoms with E-state index in [1.54, 1.807) is 11.0 Å². The van der Waals surface area contributed by atoms with Crippen LogP contribution in [0.5, 0.6) is 0 Å². The molecule has 1 aliphatic heterocycles. The SMILES string of the molecule is Nc1nccnc1C(=O)N1CCC(c2ccc(F)c(F)c2)CC1. The van der Waals surface area contributed by atoms with E-state index in [1.807, 2.05) is 0 Å². The van der Waals surface area contributed by atoms with Crippen LogP contribution >= 0.6 is 0 Å². The van der Waals surface area contributed by atoms with E-state index in [0.717, 1.165) is 11.6 Å². The minimum absolute atomic E-state index is 0.105. The molecular formula is C16H16F2N4O. The fraction of sp³-hybridized carbons (Fsp3) is 0.312. The van der Waals surface area contributed by atoms with Gasteiger partial charge in [-0.1, -0.05) is 6.07 Å². The molecule has 2 aromatic rings. The van der Waals surface area contributed by atoms with E-state index in [4.69, 9.17) is 5.73 Å². The zero-order valence-electron chi connectivity index (χ0n) is 12.4. The fourth-order valence-electron chi connectivity index (χ4n) is 2.85. The van der Waals surface area contributed by atoms with Gasteiger partial charge in [-0.05, 0) is 36.5 Å². The molecule has 1 amide bonds. The quantitative estimate of drug-likeness (QED) is 0.922. The van der Waals surface area contributed by atoms with Gasteiger partial charge in [-0.2, -0.15) is 0 Å². The van der Waals surface area contributed by atoms with Gasteiger partial charge in [-0.25, -0.2) is 18.7 Å². The molecule has 3 rings (SSSR count). The first-order valence-corrected chi connectivity index (χ1v) is 7.37. The van der Waals surface area contributed by atoms with E-state index in [2.05, 4.69) is 9.97 Å². The number of carbonyl (C=O) groups is 1. The normalized spacial score (nSPS) is 15.7. The second-order valence-electron chi connectivity index (χ2n) is 5.53. The van der Waals surface area contributed by atoms with E-state index in [-0.39, 0.29) is 23.3 Å². The van der Waals surface area contributed by atoms with Gasteiger partial charge < -0.3 is 10.6 Å². The number of hydrogen-bond donors (Lipinski definition) is 1. The number of likely N-dealkylation sites (tertiary alicyclic amines) is 1. The Balaban J connectivity index is 1.67. The molecular weight excluding hydrogens is 302 g/mol. The minimum atomic E-state index is -0.848. The number of amides is 1. The van der Waals surface area contributed by atoms with Crippen LogP contribution in [0.15, 0.2) is 30.6 Å². The average Bonchev–Trinajstić information content (AvgIpc) is 2.57. The summed E-state index contributed by atoms with van der Waals surface area (Å²) in [6.07, 6.45) is 4.22. The van der Waals surface area contributed by atoms with Crippen molar-refractivity contribution in [3.8, 4) is 0 Å². The van der Waals surface area contributed by atoms with Crippen LogP contribution in [0, 0.1) is 11.6 Å². The van der Waals surface area contributed by atoms with Gasteiger partial charge in [0.15, 0.2) is 23.1 Å². The summed E-state index contributed by atoms with van der Waals surface area (Å²) in [5, 5.41) is 0. The molecule has 0 bridgehead atoms. The van der Waals surface area contributed by atoms with Crippen molar-refractivity contribution in [3.63, 3.8) is 0 Å². The van der Waals surface area contributed by atoms with Crippen molar-refractivity contribution in [1.82, 2.24) is 14.9 Å². The number of benzene rings is 1. The molecule has 1 aromatic heterocycles. The molecule has 23 heavy (non-hydrogen) atoms. The van der Waals surface area contributed by atoms with E-state index in [9.17, 15) is 13.6 Å². The van der Waals surface area contributed by atoms with Crippen molar-refractivity contribution in [2.75, 3.05) is 18.8 Å². The molecule has 1 saturated heterocycles. The predicted molar refractivity (Wildman–Crippen MR) is 80.7 cm³/mol. The van der Waals surface area contributed by atoms with Crippen molar-refractivity contribution >= 4 is 11.7 Å². The van der Waals surface area contributed by atoms with Gasteiger partial charge in [0.05, 0.1) is 0 Å². The summed E-state index contributed by atoms with van der Waals surface area (Å²) in [5.41, 5.74) is 6.59. The summed E-state index contributed by atoms with van der Waals surface area (Å²) < 4.78 is 26.3. The summed E-state index contributed by atoms with van der Waals surface area (Å²) in [5.74, 6) is -1.72. The molecule has 1 aliphatic rings. The van der Waals surface area contributed by atoms with Gasteiger partial charge in [-0.15, -0.1) is 0 Å². The van der Waals surface area contributed by atoms with Crippen molar-refractivity contribution in [2.24, 2.45) is 0 Å². The average molecular weight is 318 g/mol. The molecule has 0 aliphatic carbocycles. The number of halogens is 2. The fourth-order valence-corrected chi connectivity index (χ4v) is 2.85. The maximum Gasteiger partial charge on any atom is 0.276 e. The van der Waals surface area contributed by atoms with Gasteiger partial charge in [0.2, 0.25) is 0 Å². The van der Waals surface area contributed by atoms with Crippen molar-refractivity contribution in [1.29, 1.82) is 0 Å². The molecule has 2 heterocycles. The van der Waals surface area contributed by atoms with Crippen LogP contribution in [0.25, 0.3) is 0 Å². The Morgan fingerprint density at radius 1 is 1.13 bits per heavy atom. The van der Waals surface area contributed by atoms with E-state index >= 15 is 0 Å². The van der Waals surface area contributed by atoms with Crippen LogP contribution in [-0.4, -0.2) is 33.9 Å². The monoisotopic (exact) mass is 318 g/mol. The van der Waals surface area contributed by atoms with Crippen LogP contribution < -0.4 is 5.73 Å². The number of carbonyl (C=O) groups excluding carboxylic acids is 1. The Labute approximate surface area is 132 Å². The molecule has 0 unspecified atom stereocenters. The summed E-state index contributed by atoms with van der Waals surface area (Å²) in [6, 6.07) is 3.97. The van der Waals surface area contributed by atoms with E-state index in [0.29, 0.717) is 25.9 Å². The van der Waals surface area contributed by atoms with Gasteiger partial charge in [-0.3, -0.25) is 4.79 Å². The lowest BCUT2D eigenvalue weighted by atomic mass is 9.89. The number of nitrogens with two attached hydrogens (primary N) is 1. The zero-order chi connectivity index (χ0) is 16.4. The van der Waals surface area contributed by atoms with Crippen LogP contribution in [0.1, 0.15) is 34.8 Å². The maximum atomic E-state index is 13.3. The highest BCUT2D eigenvalue weighted by Crippen LogP contribution is 2.29. The van der Waals surface area contributed by atoms with Crippen LogP contribution in [-0.2, 0) is 0 Å². The van der Waals surface area contributed by atoms with Crippen molar-refractivity contribution in [2.45, 2.75) is 18.8 Å². The number of nitrogens with zero attached hydrogens (tertiary/aromatic N) is 3. The smallest absolute Gasteiger partial charge is 0.276 e. The highest BCUT2D eigenvalue weighted by Gasteiger charge is 2.27. The first-order chi connectivity index (χ1) is 11.1. The maximum absolute atomic E-state index is 13.3. The summed E-state index contributed by atoms with van der Waals surface area (Å²) in [6.45, 7) is 1.02. The van der Waals surface area contributed by atoms with Crippen molar-refractivity contribution in [3.05, 3.63) is 53.5 Å². The lowest BCUT2D eigenvalue weighted by molar-refractivity contribution is 0.0707. The molecule has 0 saturated carbocycles. The third-order valence-electron chi connectivity index (χ3n) is 4.13. The topological polar surface area (TPSA) is 72.1 Å². The standard InChI is InChI=1S/C16H16F2N4O/c17-12-2-1-11(9-13(12)18)10-3-7-22(8-4-10)16(23)14-15(19)21-6-5-20-14/h1-2,5-6,9-10H,3-4,7-8H2,(H2,19,21). The number of rotatable bonds is 2. The van der Waals surface area contributed by atoms with E-state index in [1.165, 1.54) is 18.5 Å². The van der Waals surface area contributed by atoms with Crippen molar-refractivity contribution < 1.29 is 13.6 Å². The second kappa shape index (κ2) is 6.28. The molecule has 7 heteroatoms. The molecule has 2 N–H and O–H groups in total. The molecule has 5 nitrogen and oxygen atoms in total. The Morgan fingerprint density at radius 3 is 2.48 bits per heavy atom. The molecule has 1 aromatic carbocycles. The first kappa shape index (κ1) is 15.3. The highest BCUT2D eigenvalue weighted by atomic mass is 19.2. The number of piperidine rings is 1. The molecule has 0 spiro atoms. The lowest BCUT2D eigenvalue weighted by Gasteiger charge is -2.32. The number of aromatic nitrogens is 2. The number of nitrogen functional groups attached to an aromatic ring is 1. The second-order valence-corrected chi connectivity index (χ2v) is 5.53. The van der Waals surface area contributed by atoms with Gasteiger partial charge in [0, 0.05) is 25.5 Å². The summed E-state index contributed by atoms with van der Waals surface area (Å²) in [7, 11) is 0. The van der Waals surface area contributed by atoms with Gasteiger partial charge >= 0.3 is 0 Å². The van der Waals surface area contributed by atoms with Gasteiger partial charge in [0.1, 0.15) is 0 Å². The number of anilines is 1. The third kappa shape index (κ3) is 3.13. The lowest BCUT2D eigenvalue weighted by Crippen LogP contribution is -2.38. The summed E-state index contributed by atoms with van der Waals surface area (Å²) >= 11 is 0. The van der Waals surface area contributed by atoms with Gasteiger partial charge in [0.25, 0.3) is 5.91 Å². The Kier molecular flexibility index (Phi) is 4.18. The molecule has 120 valence electrons. The number of hydrogen-bond acceptors (Lipinski definition) is 4. The first-order valence-electron chi connectivity index (χ1n) is 7.37. The molecule has 0 radical (unpaired) electrons. The highest BCUT2D eigenvalue weighted by molar-refractivity contribution is 5.96. The minimum Gasteiger partial charge on any atom is -0.382 e. The van der Waals surface area contributed by atoms with E-state index < -0.39 is 11.6 Å². The zero-order valence-corrected chi connectivity index (χ0v) is 12.4. The Hall–Kier alpha value is -2.57. The third-order valence-corrected chi connectivity index (χ3v) is 4.13. The Morgan fingerprint density at radius 2 is 1.83 bits per heavy atom.